The van der Waals surface area contributed by atoms with Gasteiger partial charge in [-0.05, 0) is 41.8 Å². The zero-order valence-electron chi connectivity index (χ0n) is 15.6. The van der Waals surface area contributed by atoms with Crippen LogP contribution in [-0.4, -0.2) is 32.6 Å². The van der Waals surface area contributed by atoms with Crippen molar-refractivity contribution < 1.29 is 9.53 Å². The molecule has 144 valence electrons. The van der Waals surface area contributed by atoms with Gasteiger partial charge in [0.2, 0.25) is 0 Å². The molecule has 4 rings (SSSR count). The van der Waals surface area contributed by atoms with E-state index in [1.807, 2.05) is 41.0 Å². The van der Waals surface area contributed by atoms with Gasteiger partial charge in [0.25, 0.3) is 0 Å². The summed E-state index contributed by atoms with van der Waals surface area (Å²) in [5.74, 6) is 0.856. The van der Waals surface area contributed by atoms with Gasteiger partial charge < -0.3 is 4.74 Å². The van der Waals surface area contributed by atoms with E-state index in [2.05, 4.69) is 36.2 Å². The van der Waals surface area contributed by atoms with E-state index in [9.17, 15) is 4.79 Å². The second-order valence-corrected chi connectivity index (χ2v) is 8.53. The highest BCUT2D eigenvalue weighted by atomic mass is 35.5. The summed E-state index contributed by atoms with van der Waals surface area (Å²) in [4.78, 5) is 12.0. The van der Waals surface area contributed by atoms with Gasteiger partial charge in [-0.25, -0.2) is 0 Å². The minimum Gasteiger partial charge on any atom is -0.465 e. The number of cyclic esters (lactones) is 1. The van der Waals surface area contributed by atoms with Crippen molar-refractivity contribution in [3.63, 3.8) is 0 Å². The molecule has 2 aromatic carbocycles. The quantitative estimate of drug-likeness (QED) is 0.543. The van der Waals surface area contributed by atoms with Crippen molar-refractivity contribution in [1.29, 1.82) is 0 Å². The number of carbonyl (C=O) groups is 1. The minimum atomic E-state index is -0.257. The lowest BCUT2D eigenvalue weighted by Crippen LogP contribution is -2.12. The molecule has 0 saturated carbocycles. The van der Waals surface area contributed by atoms with Gasteiger partial charge in [0.1, 0.15) is 5.25 Å². The van der Waals surface area contributed by atoms with Crippen LogP contribution in [0.4, 0.5) is 0 Å². The Balaban J connectivity index is 1.86. The van der Waals surface area contributed by atoms with Crippen LogP contribution < -0.4 is 0 Å². The van der Waals surface area contributed by atoms with Crippen molar-refractivity contribution in [3.8, 4) is 17.1 Å². The van der Waals surface area contributed by atoms with Gasteiger partial charge >= 0.3 is 5.97 Å². The van der Waals surface area contributed by atoms with E-state index in [1.54, 1.807) is 0 Å². The summed E-state index contributed by atoms with van der Waals surface area (Å²) >= 11 is 7.47. The van der Waals surface area contributed by atoms with Crippen LogP contribution >= 0.6 is 23.4 Å². The Kier molecular flexibility index (Phi) is 5.42. The molecular weight excluding hydrogens is 394 g/mol. The van der Waals surface area contributed by atoms with Gasteiger partial charge in [0.05, 0.1) is 12.3 Å². The summed E-state index contributed by atoms with van der Waals surface area (Å²) in [5.41, 5.74) is 3.12. The van der Waals surface area contributed by atoms with Crippen LogP contribution in [-0.2, 0) is 9.53 Å². The lowest BCUT2D eigenvalue weighted by molar-refractivity contribution is -0.137. The standard InChI is InChI=1S/C21H20ClN3O2S/c1-13(2)16-5-3-4-6-17(16)25-19(14-7-9-15(22)10-8-14)23-24-21(25)28-18-11-12-27-20(18)26/h3-10,13,18H,11-12H2,1-2H3/t18-/m1/s1. The summed E-state index contributed by atoms with van der Waals surface area (Å²) in [6, 6.07) is 15.8. The third kappa shape index (κ3) is 3.66. The number of hydrogen-bond acceptors (Lipinski definition) is 5. The molecule has 7 heteroatoms. The number of benzene rings is 2. The highest BCUT2D eigenvalue weighted by Gasteiger charge is 2.31. The Bertz CT molecular complexity index is 1000. The average molecular weight is 414 g/mol. The molecular formula is C21H20ClN3O2S. The highest BCUT2D eigenvalue weighted by Crippen LogP contribution is 2.35. The first-order valence-electron chi connectivity index (χ1n) is 9.18. The maximum atomic E-state index is 12.0. The predicted molar refractivity (Wildman–Crippen MR) is 111 cm³/mol. The van der Waals surface area contributed by atoms with Crippen LogP contribution in [0.25, 0.3) is 17.1 Å². The first-order chi connectivity index (χ1) is 13.5. The molecule has 1 aromatic heterocycles. The lowest BCUT2D eigenvalue weighted by Gasteiger charge is -2.17. The van der Waals surface area contributed by atoms with E-state index >= 15 is 0 Å². The molecule has 0 amide bonds. The van der Waals surface area contributed by atoms with Gasteiger partial charge in [-0.2, -0.15) is 0 Å². The Labute approximate surface area is 173 Å². The first-order valence-corrected chi connectivity index (χ1v) is 10.4. The Hall–Kier alpha value is -2.31. The summed E-state index contributed by atoms with van der Waals surface area (Å²) < 4.78 is 7.15. The third-order valence-corrected chi connectivity index (χ3v) is 6.11. The number of hydrogen-bond donors (Lipinski definition) is 0. The van der Waals surface area contributed by atoms with Gasteiger partial charge in [-0.1, -0.05) is 55.4 Å². The largest absolute Gasteiger partial charge is 0.465 e. The number of halogens is 1. The molecule has 0 radical (unpaired) electrons. The van der Waals surface area contributed by atoms with Crippen LogP contribution in [0.1, 0.15) is 31.7 Å². The highest BCUT2D eigenvalue weighted by molar-refractivity contribution is 8.00. The first kappa shape index (κ1) is 19.0. The normalized spacial score (nSPS) is 16.6. The van der Waals surface area contributed by atoms with Crippen LogP contribution in [0.15, 0.2) is 53.7 Å². The van der Waals surface area contributed by atoms with Crippen LogP contribution in [0.3, 0.4) is 0 Å². The number of rotatable bonds is 5. The number of aromatic nitrogens is 3. The molecule has 0 bridgehead atoms. The number of nitrogens with zero attached hydrogens (tertiary/aromatic N) is 3. The molecule has 0 N–H and O–H groups in total. The molecule has 1 atom stereocenters. The fraction of sp³-hybridized carbons (Fsp3) is 0.286. The van der Waals surface area contributed by atoms with Crippen LogP contribution in [0.5, 0.6) is 0 Å². The molecule has 28 heavy (non-hydrogen) atoms. The summed E-state index contributed by atoms with van der Waals surface area (Å²) in [5, 5.41) is 9.97. The van der Waals surface area contributed by atoms with E-state index in [4.69, 9.17) is 16.3 Å². The van der Waals surface area contributed by atoms with Crippen molar-refractivity contribution in [2.45, 2.75) is 36.6 Å². The monoisotopic (exact) mass is 413 g/mol. The summed E-state index contributed by atoms with van der Waals surface area (Å²) in [6.45, 7) is 4.77. The second kappa shape index (κ2) is 7.97. The van der Waals surface area contributed by atoms with Crippen molar-refractivity contribution in [2.24, 2.45) is 0 Å². The molecule has 5 nitrogen and oxygen atoms in total. The molecule has 1 saturated heterocycles. The minimum absolute atomic E-state index is 0.190. The van der Waals surface area contributed by atoms with E-state index in [1.165, 1.54) is 17.3 Å². The zero-order valence-corrected chi connectivity index (χ0v) is 17.2. The number of carbonyl (C=O) groups excluding carboxylic acids is 1. The molecule has 0 unspecified atom stereocenters. The van der Waals surface area contributed by atoms with Crippen molar-refractivity contribution in [1.82, 2.24) is 14.8 Å². The Morgan fingerprint density at radius 2 is 1.89 bits per heavy atom. The van der Waals surface area contributed by atoms with Crippen LogP contribution in [0, 0.1) is 0 Å². The third-order valence-electron chi connectivity index (χ3n) is 4.67. The van der Waals surface area contributed by atoms with E-state index in [0.717, 1.165) is 17.1 Å². The van der Waals surface area contributed by atoms with Crippen molar-refractivity contribution >= 4 is 29.3 Å². The molecule has 1 aliphatic rings. The Morgan fingerprint density at radius 3 is 2.57 bits per heavy atom. The van der Waals surface area contributed by atoms with Crippen LogP contribution in [0.2, 0.25) is 5.02 Å². The van der Waals surface area contributed by atoms with Crippen molar-refractivity contribution in [3.05, 3.63) is 59.1 Å². The van der Waals surface area contributed by atoms with E-state index < -0.39 is 0 Å². The topological polar surface area (TPSA) is 57.0 Å². The maximum Gasteiger partial charge on any atom is 0.319 e. The number of esters is 1. The van der Waals surface area contributed by atoms with E-state index in [0.29, 0.717) is 29.1 Å². The SMILES string of the molecule is CC(C)c1ccccc1-n1c(S[C@@H]2CCOC2=O)nnc1-c1ccc(Cl)cc1. The Morgan fingerprint density at radius 1 is 1.14 bits per heavy atom. The van der Waals surface area contributed by atoms with Gasteiger partial charge in [-0.3, -0.25) is 9.36 Å². The maximum absolute atomic E-state index is 12.0. The zero-order chi connectivity index (χ0) is 19.7. The lowest BCUT2D eigenvalue weighted by atomic mass is 10.0. The molecule has 1 fully saturated rings. The van der Waals surface area contributed by atoms with Crippen molar-refractivity contribution in [2.75, 3.05) is 6.61 Å². The fourth-order valence-electron chi connectivity index (χ4n) is 3.24. The second-order valence-electron chi connectivity index (χ2n) is 6.92. The molecule has 0 aliphatic carbocycles. The number of para-hydroxylation sites is 1. The van der Waals surface area contributed by atoms with Gasteiger partial charge in [0, 0.05) is 17.0 Å². The molecule has 0 spiro atoms. The summed E-state index contributed by atoms with van der Waals surface area (Å²) in [7, 11) is 0. The number of thioether (sulfide) groups is 1. The molecule has 2 heterocycles. The van der Waals surface area contributed by atoms with Gasteiger partial charge in [-0.15, -0.1) is 10.2 Å². The smallest absolute Gasteiger partial charge is 0.319 e. The fourth-order valence-corrected chi connectivity index (χ4v) is 4.38. The summed E-state index contributed by atoms with van der Waals surface area (Å²) in [6.07, 6.45) is 0.679. The van der Waals surface area contributed by atoms with Gasteiger partial charge in [0.15, 0.2) is 11.0 Å². The number of ether oxygens (including phenoxy) is 1. The molecule has 3 aromatic rings. The molecule has 1 aliphatic heterocycles. The average Bonchev–Trinajstić information content (AvgIpc) is 3.29. The predicted octanol–water partition coefficient (Wildman–Crippen LogP) is 5.12. The van der Waals surface area contributed by atoms with E-state index in [-0.39, 0.29) is 11.2 Å².